The van der Waals surface area contributed by atoms with Gasteiger partial charge in [0.1, 0.15) is 13.6 Å². The minimum Gasteiger partial charge on any atom is -0.426 e. The van der Waals surface area contributed by atoms with Crippen LogP contribution in [0.4, 0.5) is 0 Å². The molecule has 0 aromatic heterocycles. The Bertz CT molecular complexity index is 593. The number of benzene rings is 2. The van der Waals surface area contributed by atoms with Crippen molar-refractivity contribution in [1.29, 1.82) is 0 Å². The molecule has 0 aliphatic carbocycles. The Labute approximate surface area is 107 Å². The molecule has 2 aromatic carbocycles. The fourth-order valence-corrected chi connectivity index (χ4v) is 2.36. The maximum absolute atomic E-state index is 11.6. The predicted octanol–water partition coefficient (Wildman–Crippen LogP) is 1.92. The van der Waals surface area contributed by atoms with Gasteiger partial charge in [-0.25, -0.2) is 0 Å². The summed E-state index contributed by atoms with van der Waals surface area (Å²) in [7, 11) is 5.82. The number of ether oxygens (including phenoxy) is 1. The van der Waals surface area contributed by atoms with E-state index in [1.54, 1.807) is 12.1 Å². The number of carbonyl (C=O) groups excluding carboxylic acids is 1. The molecule has 2 aromatic rings. The monoisotopic (exact) mass is 234 g/mol. The van der Waals surface area contributed by atoms with E-state index in [2.05, 4.69) is 0 Å². The van der Waals surface area contributed by atoms with E-state index in [0.29, 0.717) is 17.6 Å². The van der Waals surface area contributed by atoms with Gasteiger partial charge in [-0.2, -0.15) is 0 Å². The van der Waals surface area contributed by atoms with Crippen molar-refractivity contribution < 1.29 is 9.53 Å². The lowest BCUT2D eigenvalue weighted by Gasteiger charge is -2.25. The van der Waals surface area contributed by atoms with Crippen molar-refractivity contribution in [3.05, 3.63) is 59.7 Å². The van der Waals surface area contributed by atoms with Crippen LogP contribution in [0.25, 0.3) is 0 Å². The summed E-state index contributed by atoms with van der Waals surface area (Å²) in [5, 5.41) is 0. The summed E-state index contributed by atoms with van der Waals surface area (Å²) in [4.78, 5) is 11.6. The van der Waals surface area contributed by atoms with Gasteiger partial charge in [-0.3, -0.25) is 4.79 Å². The van der Waals surface area contributed by atoms with E-state index in [1.165, 1.54) is 0 Å². The summed E-state index contributed by atoms with van der Waals surface area (Å²) in [6.07, 6.45) is 0.362. The van der Waals surface area contributed by atoms with Crippen LogP contribution in [0.3, 0.4) is 0 Å². The van der Waals surface area contributed by atoms with E-state index < -0.39 is 0 Å². The van der Waals surface area contributed by atoms with Crippen LogP contribution >= 0.6 is 0 Å². The SMILES string of the molecule is [B]c1ccc2c(c1)C(c1ccccc1)CC(=O)O2. The fourth-order valence-electron chi connectivity index (χ4n) is 2.36. The van der Waals surface area contributed by atoms with Gasteiger partial charge in [0, 0.05) is 11.5 Å². The van der Waals surface area contributed by atoms with Gasteiger partial charge in [0.15, 0.2) is 0 Å². The van der Waals surface area contributed by atoms with Crippen LogP contribution < -0.4 is 10.2 Å². The van der Waals surface area contributed by atoms with Gasteiger partial charge >= 0.3 is 5.97 Å². The van der Waals surface area contributed by atoms with Gasteiger partial charge in [-0.05, 0) is 11.6 Å². The molecule has 1 heterocycles. The third kappa shape index (κ3) is 1.92. The molecular formula is C15H11BO2. The Hall–Kier alpha value is -2.03. The molecule has 1 atom stereocenters. The summed E-state index contributed by atoms with van der Waals surface area (Å²) in [5.74, 6) is 0.460. The number of carbonyl (C=O) groups is 1. The molecule has 1 unspecified atom stereocenters. The first-order valence-corrected chi connectivity index (χ1v) is 5.89. The van der Waals surface area contributed by atoms with E-state index in [0.717, 1.165) is 11.1 Å². The Morgan fingerprint density at radius 3 is 2.67 bits per heavy atom. The number of fused-ring (bicyclic) bond motifs is 1. The zero-order valence-corrected chi connectivity index (χ0v) is 9.80. The molecular weight excluding hydrogens is 223 g/mol. The molecule has 0 N–H and O–H groups in total. The molecule has 0 amide bonds. The number of esters is 1. The maximum atomic E-state index is 11.6. The third-order valence-corrected chi connectivity index (χ3v) is 3.21. The molecule has 0 bridgehead atoms. The Morgan fingerprint density at radius 2 is 1.89 bits per heavy atom. The second-order valence-electron chi connectivity index (χ2n) is 4.44. The van der Waals surface area contributed by atoms with Crippen molar-refractivity contribution in [2.45, 2.75) is 12.3 Å². The number of hydrogen-bond acceptors (Lipinski definition) is 2. The third-order valence-electron chi connectivity index (χ3n) is 3.21. The molecule has 18 heavy (non-hydrogen) atoms. The van der Waals surface area contributed by atoms with Crippen molar-refractivity contribution in [1.82, 2.24) is 0 Å². The minimum absolute atomic E-state index is 0.0333. The highest BCUT2D eigenvalue weighted by molar-refractivity contribution is 6.32. The first-order chi connectivity index (χ1) is 8.74. The molecule has 0 saturated carbocycles. The largest absolute Gasteiger partial charge is 0.426 e. The molecule has 1 aliphatic heterocycles. The molecule has 0 spiro atoms. The molecule has 1 aliphatic rings. The van der Waals surface area contributed by atoms with Crippen LogP contribution in [-0.4, -0.2) is 13.8 Å². The van der Waals surface area contributed by atoms with E-state index in [1.807, 2.05) is 36.4 Å². The van der Waals surface area contributed by atoms with E-state index in [-0.39, 0.29) is 11.9 Å². The average Bonchev–Trinajstić information content (AvgIpc) is 2.39. The summed E-state index contributed by atoms with van der Waals surface area (Å²) in [5.41, 5.74) is 2.79. The van der Waals surface area contributed by atoms with Gasteiger partial charge in [-0.15, -0.1) is 0 Å². The van der Waals surface area contributed by atoms with Crippen molar-refractivity contribution in [2.75, 3.05) is 0 Å². The zero-order valence-electron chi connectivity index (χ0n) is 9.80. The topological polar surface area (TPSA) is 26.3 Å². The Morgan fingerprint density at radius 1 is 1.11 bits per heavy atom. The molecule has 2 radical (unpaired) electrons. The average molecular weight is 234 g/mol. The lowest BCUT2D eigenvalue weighted by atomic mass is 9.83. The van der Waals surface area contributed by atoms with Gasteiger partial charge in [0.25, 0.3) is 0 Å². The van der Waals surface area contributed by atoms with Crippen LogP contribution in [0, 0.1) is 0 Å². The smallest absolute Gasteiger partial charge is 0.312 e. The molecule has 3 heteroatoms. The fraction of sp³-hybridized carbons (Fsp3) is 0.133. The molecule has 2 nitrogen and oxygen atoms in total. The Balaban J connectivity index is 2.12. The van der Waals surface area contributed by atoms with Crippen LogP contribution in [0.5, 0.6) is 5.75 Å². The quantitative estimate of drug-likeness (QED) is 0.428. The summed E-state index contributed by atoms with van der Waals surface area (Å²) < 4.78 is 5.24. The lowest BCUT2D eigenvalue weighted by molar-refractivity contribution is -0.135. The van der Waals surface area contributed by atoms with Crippen LogP contribution in [0.2, 0.25) is 0 Å². The maximum Gasteiger partial charge on any atom is 0.312 e. The molecule has 86 valence electrons. The van der Waals surface area contributed by atoms with Crippen LogP contribution in [0.15, 0.2) is 48.5 Å². The van der Waals surface area contributed by atoms with Crippen molar-refractivity contribution >= 4 is 19.3 Å². The van der Waals surface area contributed by atoms with Crippen molar-refractivity contribution in [3.8, 4) is 5.75 Å². The van der Waals surface area contributed by atoms with Crippen LogP contribution in [0.1, 0.15) is 23.5 Å². The highest BCUT2D eigenvalue weighted by Gasteiger charge is 2.27. The molecule has 0 saturated heterocycles. The van der Waals surface area contributed by atoms with Gasteiger partial charge < -0.3 is 4.74 Å². The van der Waals surface area contributed by atoms with Crippen molar-refractivity contribution in [2.24, 2.45) is 0 Å². The number of rotatable bonds is 1. The first kappa shape index (κ1) is 11.1. The summed E-state index contributed by atoms with van der Waals surface area (Å²) in [6.45, 7) is 0. The Kier molecular flexibility index (Phi) is 2.67. The molecule has 3 rings (SSSR count). The van der Waals surface area contributed by atoms with E-state index in [4.69, 9.17) is 12.6 Å². The summed E-state index contributed by atoms with van der Waals surface area (Å²) >= 11 is 0. The highest BCUT2D eigenvalue weighted by Crippen LogP contribution is 2.37. The number of hydrogen-bond donors (Lipinski definition) is 0. The van der Waals surface area contributed by atoms with Crippen LogP contribution in [-0.2, 0) is 4.79 Å². The van der Waals surface area contributed by atoms with E-state index >= 15 is 0 Å². The normalized spacial score (nSPS) is 18.0. The van der Waals surface area contributed by atoms with Gasteiger partial charge in [-0.1, -0.05) is 47.9 Å². The van der Waals surface area contributed by atoms with Crippen molar-refractivity contribution in [3.63, 3.8) is 0 Å². The second-order valence-corrected chi connectivity index (χ2v) is 4.44. The highest BCUT2D eigenvalue weighted by atomic mass is 16.5. The molecule has 0 fully saturated rings. The van der Waals surface area contributed by atoms with Gasteiger partial charge in [0.05, 0.1) is 6.42 Å². The first-order valence-electron chi connectivity index (χ1n) is 5.89. The summed E-state index contributed by atoms with van der Waals surface area (Å²) in [6, 6.07) is 15.4. The minimum atomic E-state index is -0.193. The predicted molar refractivity (Wildman–Crippen MR) is 70.4 cm³/mol. The van der Waals surface area contributed by atoms with Gasteiger partial charge in [0.2, 0.25) is 0 Å². The zero-order chi connectivity index (χ0) is 12.5. The second kappa shape index (κ2) is 4.33. The lowest BCUT2D eigenvalue weighted by Crippen LogP contribution is -2.22. The van der Waals surface area contributed by atoms with E-state index in [9.17, 15) is 4.79 Å². The standard InChI is InChI=1S/C15H11BO2/c16-11-6-7-14-13(8-11)12(9-15(17)18-14)10-4-2-1-3-5-10/h1-8,12H,9H2.